The first-order valence-corrected chi connectivity index (χ1v) is 5.46. The minimum Gasteiger partial charge on any atom is -0.467 e. The SMILES string of the molecule is COc1ncc(Cn2ncsc2=O)c(C)n1. The summed E-state index contributed by atoms with van der Waals surface area (Å²) in [4.78, 5) is 19.3. The monoisotopic (exact) mass is 238 g/mol. The van der Waals surface area contributed by atoms with E-state index in [1.807, 2.05) is 6.92 Å². The maximum atomic E-state index is 11.3. The number of hydrogen-bond acceptors (Lipinski definition) is 6. The zero-order valence-electron chi connectivity index (χ0n) is 8.88. The molecule has 0 amide bonds. The van der Waals surface area contributed by atoms with Crippen molar-refractivity contribution in [3.63, 3.8) is 0 Å². The van der Waals surface area contributed by atoms with Gasteiger partial charge in [0.15, 0.2) is 0 Å². The molecule has 0 aliphatic rings. The van der Waals surface area contributed by atoms with Crippen molar-refractivity contribution in [2.75, 3.05) is 7.11 Å². The summed E-state index contributed by atoms with van der Waals surface area (Å²) >= 11 is 1.07. The van der Waals surface area contributed by atoms with E-state index in [0.29, 0.717) is 12.6 Å². The van der Waals surface area contributed by atoms with E-state index in [9.17, 15) is 4.79 Å². The summed E-state index contributed by atoms with van der Waals surface area (Å²) in [5, 5.41) is 3.93. The Labute approximate surface area is 95.6 Å². The van der Waals surface area contributed by atoms with Crippen LogP contribution >= 0.6 is 11.3 Å². The zero-order chi connectivity index (χ0) is 11.5. The second-order valence-electron chi connectivity index (χ2n) is 3.13. The third-order valence-corrected chi connectivity index (χ3v) is 2.72. The molecular weight excluding hydrogens is 228 g/mol. The van der Waals surface area contributed by atoms with Gasteiger partial charge < -0.3 is 4.74 Å². The van der Waals surface area contributed by atoms with Gasteiger partial charge in [-0.15, -0.1) is 0 Å². The largest absolute Gasteiger partial charge is 0.467 e. The van der Waals surface area contributed by atoms with Crippen molar-refractivity contribution in [2.45, 2.75) is 13.5 Å². The summed E-state index contributed by atoms with van der Waals surface area (Å²) in [6, 6.07) is 0.326. The van der Waals surface area contributed by atoms with Crippen LogP contribution in [0.15, 0.2) is 16.5 Å². The maximum absolute atomic E-state index is 11.3. The third-order valence-electron chi connectivity index (χ3n) is 2.11. The number of aromatic nitrogens is 4. The van der Waals surface area contributed by atoms with Crippen LogP contribution in [0.1, 0.15) is 11.3 Å². The van der Waals surface area contributed by atoms with Crippen LogP contribution in [0.2, 0.25) is 0 Å². The molecule has 0 saturated carbocycles. The molecule has 0 fully saturated rings. The fourth-order valence-corrected chi connectivity index (χ4v) is 1.71. The predicted molar refractivity (Wildman–Crippen MR) is 58.8 cm³/mol. The van der Waals surface area contributed by atoms with Crippen LogP contribution in [0.5, 0.6) is 6.01 Å². The van der Waals surface area contributed by atoms with Gasteiger partial charge in [-0.05, 0) is 6.92 Å². The molecule has 0 saturated heterocycles. The van der Waals surface area contributed by atoms with Crippen LogP contribution in [0, 0.1) is 6.92 Å². The first kappa shape index (κ1) is 10.7. The predicted octanol–water partition coefficient (Wildman–Crippen LogP) is 0.460. The van der Waals surface area contributed by atoms with Crippen LogP contribution in [0.4, 0.5) is 0 Å². The van der Waals surface area contributed by atoms with Gasteiger partial charge in [0.05, 0.1) is 13.7 Å². The lowest BCUT2D eigenvalue weighted by molar-refractivity contribution is 0.377. The van der Waals surface area contributed by atoms with Gasteiger partial charge in [-0.1, -0.05) is 11.3 Å². The minimum atomic E-state index is -0.0878. The lowest BCUT2D eigenvalue weighted by atomic mass is 10.2. The van der Waals surface area contributed by atoms with E-state index in [0.717, 1.165) is 22.6 Å². The number of rotatable bonds is 3. The molecule has 16 heavy (non-hydrogen) atoms. The Hall–Kier alpha value is -1.76. The third kappa shape index (κ3) is 2.08. The number of aryl methyl sites for hydroxylation is 1. The van der Waals surface area contributed by atoms with Crippen molar-refractivity contribution in [2.24, 2.45) is 0 Å². The van der Waals surface area contributed by atoms with Crippen molar-refractivity contribution >= 4 is 11.3 Å². The standard InChI is InChI=1S/C9H10N4O2S/c1-6-7(3-10-8(12-6)15-2)4-13-9(14)16-5-11-13/h3,5H,4H2,1-2H3. The Balaban J connectivity index is 2.29. The zero-order valence-corrected chi connectivity index (χ0v) is 9.69. The van der Waals surface area contributed by atoms with Gasteiger partial charge in [0.2, 0.25) is 0 Å². The molecule has 2 aromatic heterocycles. The van der Waals surface area contributed by atoms with Crippen LogP contribution in [-0.4, -0.2) is 26.9 Å². The Morgan fingerprint density at radius 1 is 1.56 bits per heavy atom. The Bertz CT molecular complexity index is 548. The molecule has 84 valence electrons. The second-order valence-corrected chi connectivity index (χ2v) is 3.93. The fourth-order valence-electron chi connectivity index (χ4n) is 1.22. The Morgan fingerprint density at radius 2 is 2.38 bits per heavy atom. The van der Waals surface area contributed by atoms with E-state index in [2.05, 4.69) is 15.1 Å². The molecule has 2 aromatic rings. The number of nitrogens with zero attached hydrogens (tertiary/aromatic N) is 4. The van der Waals surface area contributed by atoms with Gasteiger partial charge in [0.25, 0.3) is 0 Å². The molecule has 0 N–H and O–H groups in total. The number of methoxy groups -OCH3 is 1. The fraction of sp³-hybridized carbons (Fsp3) is 0.333. The highest BCUT2D eigenvalue weighted by Gasteiger charge is 2.06. The van der Waals surface area contributed by atoms with Crippen molar-refractivity contribution in [1.82, 2.24) is 19.7 Å². The van der Waals surface area contributed by atoms with Crippen molar-refractivity contribution < 1.29 is 4.74 Å². The van der Waals surface area contributed by atoms with E-state index in [-0.39, 0.29) is 4.87 Å². The van der Waals surface area contributed by atoms with E-state index in [4.69, 9.17) is 4.74 Å². The van der Waals surface area contributed by atoms with E-state index in [1.54, 1.807) is 6.20 Å². The normalized spacial score (nSPS) is 10.4. The number of ether oxygens (including phenoxy) is 1. The first-order valence-electron chi connectivity index (χ1n) is 4.58. The molecule has 7 heteroatoms. The molecular formula is C9H10N4O2S. The molecule has 0 radical (unpaired) electrons. The molecule has 6 nitrogen and oxygen atoms in total. The smallest absolute Gasteiger partial charge is 0.325 e. The highest BCUT2D eigenvalue weighted by Crippen LogP contribution is 2.08. The molecule has 0 aliphatic heterocycles. The average Bonchev–Trinajstić information content (AvgIpc) is 2.67. The Kier molecular flexibility index (Phi) is 2.95. The molecule has 0 spiro atoms. The van der Waals surface area contributed by atoms with E-state index >= 15 is 0 Å². The van der Waals surface area contributed by atoms with Crippen molar-refractivity contribution in [3.8, 4) is 6.01 Å². The summed E-state index contributed by atoms with van der Waals surface area (Å²) < 4.78 is 6.28. The number of hydrogen-bond donors (Lipinski definition) is 0. The van der Waals surface area contributed by atoms with Crippen LogP contribution < -0.4 is 9.61 Å². The molecule has 0 unspecified atom stereocenters. The molecule has 2 rings (SSSR count). The second kappa shape index (κ2) is 4.40. The van der Waals surface area contributed by atoms with Gasteiger partial charge in [-0.25, -0.2) is 14.6 Å². The molecule has 0 aliphatic carbocycles. The minimum absolute atomic E-state index is 0.0878. The van der Waals surface area contributed by atoms with Gasteiger partial charge in [-0.2, -0.15) is 5.10 Å². The van der Waals surface area contributed by atoms with Crippen LogP contribution in [-0.2, 0) is 6.54 Å². The summed E-state index contributed by atoms with van der Waals surface area (Å²) in [7, 11) is 1.51. The summed E-state index contributed by atoms with van der Waals surface area (Å²) in [6.07, 6.45) is 1.65. The van der Waals surface area contributed by atoms with Gasteiger partial charge >= 0.3 is 10.9 Å². The lowest BCUT2D eigenvalue weighted by Crippen LogP contribution is -2.16. The van der Waals surface area contributed by atoms with Crippen LogP contribution in [0.3, 0.4) is 0 Å². The molecule has 0 aromatic carbocycles. The van der Waals surface area contributed by atoms with E-state index < -0.39 is 0 Å². The van der Waals surface area contributed by atoms with Gasteiger partial charge in [-0.3, -0.25) is 4.79 Å². The molecule has 0 atom stereocenters. The average molecular weight is 238 g/mol. The topological polar surface area (TPSA) is 69.9 Å². The summed E-state index contributed by atoms with van der Waals surface area (Å²) in [5.74, 6) is 0. The summed E-state index contributed by atoms with van der Waals surface area (Å²) in [5.41, 5.74) is 3.16. The molecule has 0 bridgehead atoms. The summed E-state index contributed by atoms with van der Waals surface area (Å²) in [6.45, 7) is 2.23. The van der Waals surface area contributed by atoms with Gasteiger partial charge in [0, 0.05) is 17.5 Å². The molecule has 2 heterocycles. The highest BCUT2D eigenvalue weighted by molar-refractivity contribution is 7.06. The van der Waals surface area contributed by atoms with Gasteiger partial charge in [0.1, 0.15) is 5.51 Å². The lowest BCUT2D eigenvalue weighted by Gasteiger charge is -2.05. The van der Waals surface area contributed by atoms with Crippen molar-refractivity contribution in [1.29, 1.82) is 0 Å². The van der Waals surface area contributed by atoms with E-state index in [1.165, 1.54) is 17.3 Å². The van der Waals surface area contributed by atoms with Crippen molar-refractivity contribution in [3.05, 3.63) is 32.6 Å². The maximum Gasteiger partial charge on any atom is 0.325 e. The Morgan fingerprint density at radius 3 is 2.94 bits per heavy atom. The first-order chi connectivity index (χ1) is 7.70. The quantitative estimate of drug-likeness (QED) is 0.777. The van der Waals surface area contributed by atoms with Crippen LogP contribution in [0.25, 0.3) is 0 Å². The highest BCUT2D eigenvalue weighted by atomic mass is 32.1.